The molecule has 0 atom stereocenters. The first-order valence-corrected chi connectivity index (χ1v) is 10.1. The largest absolute Gasteiger partial charge is 0.495 e. The van der Waals surface area contributed by atoms with Crippen molar-refractivity contribution in [1.82, 2.24) is 14.8 Å². The molecule has 1 aliphatic heterocycles. The van der Waals surface area contributed by atoms with Gasteiger partial charge in [0.1, 0.15) is 17.2 Å². The minimum atomic E-state index is -0.660. The van der Waals surface area contributed by atoms with Gasteiger partial charge in [0.25, 0.3) is 0 Å². The van der Waals surface area contributed by atoms with E-state index in [1.54, 1.807) is 30.2 Å². The predicted octanol–water partition coefficient (Wildman–Crippen LogP) is 3.50. The summed E-state index contributed by atoms with van der Waals surface area (Å²) in [6, 6.07) is 3.55. The zero-order valence-electron chi connectivity index (χ0n) is 19.3. The SMILES string of the molecule is Cc1cnc(N(C(=O)OC(C)(C)C)c2ccnn2C)cc1B1OC(C)(C)C(C)(C)O1. The second-order valence-corrected chi connectivity index (χ2v) is 9.62. The second kappa shape index (κ2) is 7.39. The van der Waals surface area contributed by atoms with Gasteiger partial charge in [0, 0.05) is 19.3 Å². The van der Waals surface area contributed by atoms with Crippen LogP contribution >= 0.6 is 0 Å². The van der Waals surface area contributed by atoms with Crippen molar-refractivity contribution in [2.45, 2.75) is 72.2 Å². The minimum Gasteiger partial charge on any atom is -0.443 e. The monoisotopic (exact) mass is 414 g/mol. The Morgan fingerprint density at radius 2 is 1.80 bits per heavy atom. The van der Waals surface area contributed by atoms with Gasteiger partial charge in [0.05, 0.1) is 17.4 Å². The lowest BCUT2D eigenvalue weighted by molar-refractivity contribution is 0.00578. The predicted molar refractivity (Wildman–Crippen MR) is 116 cm³/mol. The van der Waals surface area contributed by atoms with Gasteiger partial charge in [-0.3, -0.25) is 4.68 Å². The van der Waals surface area contributed by atoms with E-state index in [1.165, 1.54) is 4.90 Å². The molecule has 1 fully saturated rings. The summed E-state index contributed by atoms with van der Waals surface area (Å²) >= 11 is 0. The standard InChI is InChI=1S/C21H31BN4O4/c1-14-13-23-16(12-15(14)22-29-20(5,6)21(7,8)30-22)26(17-10-11-24-25(17)9)18(27)28-19(2,3)4/h10-13H,1-9H3. The van der Waals surface area contributed by atoms with Gasteiger partial charge in [-0.1, -0.05) is 0 Å². The van der Waals surface area contributed by atoms with Gasteiger partial charge in [-0.05, 0) is 72.5 Å². The Hall–Kier alpha value is -2.39. The van der Waals surface area contributed by atoms with Gasteiger partial charge in [-0.2, -0.15) is 5.10 Å². The molecule has 2 aromatic heterocycles. The first-order valence-electron chi connectivity index (χ1n) is 10.1. The Kier molecular flexibility index (Phi) is 5.49. The molecule has 0 bridgehead atoms. The zero-order chi connectivity index (χ0) is 22.5. The average Bonchev–Trinajstić information content (AvgIpc) is 3.08. The van der Waals surface area contributed by atoms with Crippen molar-refractivity contribution in [2.24, 2.45) is 7.05 Å². The third-order valence-corrected chi connectivity index (χ3v) is 5.47. The molecule has 1 aliphatic rings. The van der Waals surface area contributed by atoms with Gasteiger partial charge in [-0.25, -0.2) is 14.7 Å². The van der Waals surface area contributed by atoms with Gasteiger partial charge < -0.3 is 14.0 Å². The number of carbonyl (C=O) groups excluding carboxylic acids is 1. The van der Waals surface area contributed by atoms with E-state index in [4.69, 9.17) is 14.0 Å². The maximum atomic E-state index is 13.1. The van der Waals surface area contributed by atoms with E-state index in [0.29, 0.717) is 11.6 Å². The number of hydrogen-bond donors (Lipinski definition) is 0. The molecule has 0 saturated carbocycles. The third kappa shape index (κ3) is 4.22. The van der Waals surface area contributed by atoms with E-state index in [1.807, 2.05) is 61.5 Å². The number of hydrogen-bond acceptors (Lipinski definition) is 6. The number of pyridine rings is 1. The average molecular weight is 414 g/mol. The summed E-state index contributed by atoms with van der Waals surface area (Å²) in [6.45, 7) is 15.4. The van der Waals surface area contributed by atoms with E-state index in [9.17, 15) is 4.79 Å². The Morgan fingerprint density at radius 1 is 1.20 bits per heavy atom. The van der Waals surface area contributed by atoms with Crippen molar-refractivity contribution >= 4 is 30.3 Å². The lowest BCUT2D eigenvalue weighted by atomic mass is 9.77. The van der Waals surface area contributed by atoms with Crippen molar-refractivity contribution in [3.8, 4) is 0 Å². The number of aromatic nitrogens is 3. The summed E-state index contributed by atoms with van der Waals surface area (Å²) < 4.78 is 19.7. The third-order valence-electron chi connectivity index (χ3n) is 5.47. The van der Waals surface area contributed by atoms with Gasteiger partial charge in [0.15, 0.2) is 0 Å². The fourth-order valence-corrected chi connectivity index (χ4v) is 3.07. The van der Waals surface area contributed by atoms with Crippen molar-refractivity contribution < 1.29 is 18.8 Å². The second-order valence-electron chi connectivity index (χ2n) is 9.62. The molecule has 0 unspecified atom stereocenters. The molecule has 162 valence electrons. The number of ether oxygens (including phenoxy) is 1. The molecule has 0 radical (unpaired) electrons. The summed E-state index contributed by atoms with van der Waals surface area (Å²) in [7, 11) is 1.19. The van der Waals surface area contributed by atoms with Crippen LogP contribution in [-0.2, 0) is 21.1 Å². The molecule has 0 N–H and O–H groups in total. The fraction of sp³-hybridized carbons (Fsp3) is 0.571. The zero-order valence-corrected chi connectivity index (χ0v) is 19.3. The van der Waals surface area contributed by atoms with Crippen LogP contribution in [0.2, 0.25) is 0 Å². The molecule has 3 heterocycles. The van der Waals surface area contributed by atoms with Gasteiger partial charge in [0.2, 0.25) is 0 Å². The molecule has 0 spiro atoms. The summed E-state index contributed by atoms with van der Waals surface area (Å²) in [5.74, 6) is 0.948. The van der Waals surface area contributed by atoms with Crippen molar-refractivity contribution in [3.05, 3.63) is 30.1 Å². The first-order chi connectivity index (χ1) is 13.7. The van der Waals surface area contributed by atoms with Crippen molar-refractivity contribution in [1.29, 1.82) is 0 Å². The molecule has 1 saturated heterocycles. The molecule has 30 heavy (non-hydrogen) atoms. The van der Waals surface area contributed by atoms with E-state index < -0.39 is 30.0 Å². The summed E-state index contributed by atoms with van der Waals surface area (Å²) in [6.07, 6.45) is 2.79. The molecular formula is C21H31BN4O4. The van der Waals surface area contributed by atoms with E-state index in [-0.39, 0.29) is 0 Å². The summed E-state index contributed by atoms with van der Waals surface area (Å²) in [4.78, 5) is 19.0. The Bertz CT molecular complexity index is 933. The number of amides is 1. The van der Waals surface area contributed by atoms with Crippen LogP contribution in [-0.4, -0.2) is 44.8 Å². The fourth-order valence-electron chi connectivity index (χ4n) is 3.07. The molecule has 1 amide bonds. The van der Waals surface area contributed by atoms with Crippen LogP contribution in [0, 0.1) is 6.92 Å². The normalized spacial score (nSPS) is 17.8. The number of aryl methyl sites for hydroxylation is 2. The lowest BCUT2D eigenvalue weighted by Gasteiger charge is -2.32. The number of carbonyl (C=O) groups is 1. The topological polar surface area (TPSA) is 78.7 Å². The van der Waals surface area contributed by atoms with Crippen LogP contribution in [0.5, 0.6) is 0 Å². The van der Waals surface area contributed by atoms with Gasteiger partial charge >= 0.3 is 13.2 Å². The maximum absolute atomic E-state index is 13.1. The number of nitrogens with zero attached hydrogens (tertiary/aromatic N) is 4. The van der Waals surface area contributed by atoms with E-state index in [0.717, 1.165) is 11.0 Å². The quantitative estimate of drug-likeness (QED) is 0.716. The molecule has 2 aromatic rings. The molecule has 8 nitrogen and oxygen atoms in total. The minimum absolute atomic E-state index is 0.406. The van der Waals surface area contributed by atoms with Crippen LogP contribution in [0.1, 0.15) is 54.0 Å². The van der Waals surface area contributed by atoms with Crippen molar-refractivity contribution in [3.63, 3.8) is 0 Å². The van der Waals surface area contributed by atoms with Crippen LogP contribution in [0.4, 0.5) is 16.4 Å². The maximum Gasteiger partial charge on any atom is 0.495 e. The molecule has 0 aliphatic carbocycles. The van der Waals surface area contributed by atoms with Gasteiger partial charge in [-0.15, -0.1) is 0 Å². The van der Waals surface area contributed by atoms with Crippen molar-refractivity contribution in [2.75, 3.05) is 4.90 Å². The van der Waals surface area contributed by atoms with Crippen LogP contribution in [0.3, 0.4) is 0 Å². The molecular weight excluding hydrogens is 383 g/mol. The van der Waals surface area contributed by atoms with Crippen LogP contribution in [0.25, 0.3) is 0 Å². The molecule has 0 aromatic carbocycles. The Balaban J connectivity index is 2.05. The highest BCUT2D eigenvalue weighted by Gasteiger charge is 2.52. The van der Waals surface area contributed by atoms with E-state index >= 15 is 0 Å². The smallest absolute Gasteiger partial charge is 0.443 e. The molecule has 9 heteroatoms. The number of rotatable bonds is 3. The lowest BCUT2D eigenvalue weighted by Crippen LogP contribution is -2.41. The highest BCUT2D eigenvalue weighted by atomic mass is 16.7. The van der Waals surface area contributed by atoms with Crippen LogP contribution < -0.4 is 10.4 Å². The van der Waals surface area contributed by atoms with E-state index in [2.05, 4.69) is 10.1 Å². The highest BCUT2D eigenvalue weighted by Crippen LogP contribution is 2.37. The molecule has 3 rings (SSSR count). The highest BCUT2D eigenvalue weighted by molar-refractivity contribution is 6.62. The Labute approximate surface area is 178 Å². The summed E-state index contributed by atoms with van der Waals surface area (Å²) in [5.41, 5.74) is 0.120. The first kappa shape index (κ1) is 22.3. The van der Waals surface area contributed by atoms with Crippen LogP contribution in [0.15, 0.2) is 24.5 Å². The Morgan fingerprint density at radius 3 is 2.30 bits per heavy atom. The summed E-state index contributed by atoms with van der Waals surface area (Å²) in [5, 5.41) is 4.19. The number of anilines is 2.